The largest absolute Gasteiger partial charge is 0.466 e. The Morgan fingerprint density at radius 1 is 0.310 bits per heavy atom. The smallest absolute Gasteiger partial charge is 0.305 e. The maximum absolute atomic E-state index is 12.5. The molecule has 0 aromatic heterocycles. The van der Waals surface area contributed by atoms with Gasteiger partial charge < -0.3 is 20.3 Å². The minimum absolute atomic E-state index is 0.0229. The molecule has 87 heavy (non-hydrogen) atoms. The monoisotopic (exact) mass is 1220 g/mol. The predicted octanol–water partition coefficient (Wildman–Crippen LogP) is 26.4. The molecule has 0 radical (unpaired) electrons. The van der Waals surface area contributed by atoms with Crippen LogP contribution in [0, 0.1) is 0 Å². The number of nitrogens with one attached hydrogen (secondary N) is 1. The molecule has 0 saturated carbocycles. The molecule has 0 spiro atoms. The summed E-state index contributed by atoms with van der Waals surface area (Å²) in [5.41, 5.74) is 0. The highest BCUT2D eigenvalue weighted by Crippen LogP contribution is 2.20. The normalized spacial score (nSPS) is 12.6. The lowest BCUT2D eigenvalue weighted by atomic mass is 10.0. The summed E-state index contributed by atoms with van der Waals surface area (Å²) in [6.45, 7) is 4.95. The number of allylic oxidation sites excluding steroid dienone is 3. The first-order valence-corrected chi connectivity index (χ1v) is 40.1. The molecule has 0 aromatic carbocycles. The summed E-state index contributed by atoms with van der Waals surface area (Å²) in [4.78, 5) is 24.6. The van der Waals surface area contributed by atoms with Crippen LogP contribution in [0.3, 0.4) is 0 Å². The third-order valence-corrected chi connectivity index (χ3v) is 19.0. The highest BCUT2D eigenvalue weighted by molar-refractivity contribution is 5.76. The summed E-state index contributed by atoms with van der Waals surface area (Å²) >= 11 is 0. The van der Waals surface area contributed by atoms with E-state index in [2.05, 4.69) is 31.3 Å². The van der Waals surface area contributed by atoms with Crippen LogP contribution < -0.4 is 5.32 Å². The average molecular weight is 1230 g/mol. The van der Waals surface area contributed by atoms with Gasteiger partial charge in [-0.15, -0.1) is 0 Å². The van der Waals surface area contributed by atoms with Crippen molar-refractivity contribution in [1.29, 1.82) is 0 Å². The van der Waals surface area contributed by atoms with Gasteiger partial charge in [0.25, 0.3) is 0 Å². The maximum Gasteiger partial charge on any atom is 0.305 e. The van der Waals surface area contributed by atoms with E-state index in [4.69, 9.17) is 4.74 Å². The topological polar surface area (TPSA) is 95.9 Å². The molecule has 6 nitrogen and oxygen atoms in total. The van der Waals surface area contributed by atoms with Gasteiger partial charge in [-0.3, -0.25) is 9.59 Å². The van der Waals surface area contributed by atoms with Crippen LogP contribution in [0.15, 0.2) is 24.3 Å². The Hall–Kier alpha value is -1.66. The molecule has 0 saturated heterocycles. The SMILES string of the molecule is CCCCCCCC/C=C\CCCCCCCCCCCC(=O)OCCCCCCCCCCCCCCCCCCCCCCCCCCCCCCCCCCCCCC(=O)NC(CO)C(O)/C=C/CCCCCCCCCCCCCCCC. The van der Waals surface area contributed by atoms with Gasteiger partial charge in [0.15, 0.2) is 0 Å². The second kappa shape index (κ2) is 76.8. The summed E-state index contributed by atoms with van der Waals surface area (Å²) in [5.74, 6) is -0.0362. The number of hydrogen-bond donors (Lipinski definition) is 3. The van der Waals surface area contributed by atoms with Crippen molar-refractivity contribution in [3.63, 3.8) is 0 Å². The maximum atomic E-state index is 12.5. The predicted molar refractivity (Wildman–Crippen MR) is 384 cm³/mol. The first-order valence-electron chi connectivity index (χ1n) is 40.1. The molecule has 0 aliphatic heterocycles. The number of aliphatic hydroxyl groups is 2. The Kier molecular flexibility index (Phi) is 75.3. The highest BCUT2D eigenvalue weighted by atomic mass is 16.5. The van der Waals surface area contributed by atoms with Gasteiger partial charge in [0.2, 0.25) is 5.91 Å². The van der Waals surface area contributed by atoms with Gasteiger partial charge in [0, 0.05) is 12.8 Å². The number of amides is 1. The molecule has 1 amide bonds. The van der Waals surface area contributed by atoms with Crippen LogP contribution in [-0.4, -0.2) is 47.4 Å². The fourth-order valence-electron chi connectivity index (χ4n) is 12.9. The molecule has 0 fully saturated rings. The lowest BCUT2D eigenvalue weighted by molar-refractivity contribution is -0.143. The van der Waals surface area contributed by atoms with Crippen LogP contribution >= 0.6 is 0 Å². The van der Waals surface area contributed by atoms with E-state index in [-0.39, 0.29) is 18.5 Å². The average Bonchev–Trinajstić information content (AvgIpc) is 3.53. The van der Waals surface area contributed by atoms with Crippen molar-refractivity contribution in [1.82, 2.24) is 5.32 Å². The van der Waals surface area contributed by atoms with E-state index in [1.54, 1.807) is 6.08 Å². The fraction of sp³-hybridized carbons (Fsp3) is 0.926. The lowest BCUT2D eigenvalue weighted by Gasteiger charge is -2.20. The molecule has 0 aliphatic rings. The minimum atomic E-state index is -0.840. The molecule has 2 atom stereocenters. The van der Waals surface area contributed by atoms with Crippen LogP contribution in [-0.2, 0) is 14.3 Å². The second-order valence-electron chi connectivity index (χ2n) is 27.8. The van der Waals surface area contributed by atoms with E-state index < -0.39 is 12.1 Å². The molecule has 3 N–H and O–H groups in total. The van der Waals surface area contributed by atoms with Crippen molar-refractivity contribution in [3.05, 3.63) is 24.3 Å². The zero-order valence-electron chi connectivity index (χ0n) is 59.3. The molecule has 6 heteroatoms. The molecule has 0 aromatic rings. The van der Waals surface area contributed by atoms with Crippen molar-refractivity contribution >= 4 is 11.9 Å². The Balaban J connectivity index is 3.30. The fourth-order valence-corrected chi connectivity index (χ4v) is 12.9. The van der Waals surface area contributed by atoms with Crippen molar-refractivity contribution in [3.8, 4) is 0 Å². The standard InChI is InChI=1S/C81H157NO5/c1-3-5-7-9-11-13-15-17-19-21-39-43-47-51-55-59-63-67-71-75-81(86)87-76-72-68-64-60-56-52-48-44-41-38-36-34-32-30-28-26-24-22-23-25-27-29-31-33-35-37-40-42-46-50-54-58-62-66-70-74-80(85)82-78(77-83)79(84)73-69-65-61-57-53-49-45-20-18-16-14-12-10-8-6-4-2/h17,19,69,73,78-79,83-84H,3-16,18,20-68,70-72,74-77H2,1-2H3,(H,82,85)/b19-17-,73-69+. The van der Waals surface area contributed by atoms with Crippen LogP contribution in [0.1, 0.15) is 457 Å². The molecule has 2 unspecified atom stereocenters. The summed E-state index contributed by atoms with van der Waals surface area (Å²) in [7, 11) is 0. The van der Waals surface area contributed by atoms with Crippen LogP contribution in [0.2, 0.25) is 0 Å². The van der Waals surface area contributed by atoms with Gasteiger partial charge in [0.05, 0.1) is 25.4 Å². The van der Waals surface area contributed by atoms with Gasteiger partial charge in [-0.2, -0.15) is 0 Å². The third-order valence-electron chi connectivity index (χ3n) is 19.0. The van der Waals surface area contributed by atoms with Crippen molar-refractivity contribution in [2.24, 2.45) is 0 Å². The van der Waals surface area contributed by atoms with Gasteiger partial charge in [-0.05, 0) is 57.8 Å². The Bertz CT molecular complexity index is 1360. The first-order chi connectivity index (χ1) is 43.0. The van der Waals surface area contributed by atoms with Crippen LogP contribution in [0.4, 0.5) is 0 Å². The molecule has 0 aliphatic carbocycles. The molecule has 0 bridgehead atoms. The van der Waals surface area contributed by atoms with Gasteiger partial charge in [0.1, 0.15) is 0 Å². The molecular formula is C81H157NO5. The number of unbranched alkanes of at least 4 members (excludes halogenated alkanes) is 63. The third kappa shape index (κ3) is 73.3. The Labute approximate surface area is 545 Å². The van der Waals surface area contributed by atoms with E-state index in [1.807, 2.05) is 6.08 Å². The van der Waals surface area contributed by atoms with Crippen molar-refractivity contribution < 1.29 is 24.5 Å². The van der Waals surface area contributed by atoms with E-state index in [0.717, 1.165) is 38.5 Å². The zero-order valence-corrected chi connectivity index (χ0v) is 59.3. The number of carbonyl (C=O) groups excluding carboxylic acids is 2. The van der Waals surface area contributed by atoms with Gasteiger partial charge in [-0.1, -0.05) is 411 Å². The Morgan fingerprint density at radius 3 is 0.816 bits per heavy atom. The van der Waals surface area contributed by atoms with E-state index in [0.29, 0.717) is 19.4 Å². The number of hydrogen-bond acceptors (Lipinski definition) is 5. The minimum Gasteiger partial charge on any atom is -0.466 e. The number of rotatable bonds is 76. The summed E-state index contributed by atoms with van der Waals surface area (Å²) < 4.78 is 5.52. The molecule has 516 valence electrons. The molecular weight excluding hydrogens is 1070 g/mol. The number of carbonyl (C=O) groups is 2. The zero-order chi connectivity index (χ0) is 62.8. The Morgan fingerprint density at radius 2 is 0.540 bits per heavy atom. The quantitative estimate of drug-likeness (QED) is 0.0320. The van der Waals surface area contributed by atoms with Crippen LogP contribution in [0.25, 0.3) is 0 Å². The van der Waals surface area contributed by atoms with Crippen molar-refractivity contribution in [2.75, 3.05) is 13.2 Å². The summed E-state index contributed by atoms with van der Waals surface area (Å²) in [6.07, 6.45) is 98.8. The lowest BCUT2D eigenvalue weighted by Crippen LogP contribution is -2.45. The van der Waals surface area contributed by atoms with E-state index in [1.165, 1.54) is 392 Å². The van der Waals surface area contributed by atoms with Crippen LogP contribution in [0.5, 0.6) is 0 Å². The van der Waals surface area contributed by atoms with E-state index in [9.17, 15) is 19.8 Å². The molecule has 0 rings (SSSR count). The number of aliphatic hydroxyl groups excluding tert-OH is 2. The van der Waals surface area contributed by atoms with Gasteiger partial charge >= 0.3 is 5.97 Å². The highest BCUT2D eigenvalue weighted by Gasteiger charge is 2.18. The summed E-state index contributed by atoms with van der Waals surface area (Å²) in [5, 5.41) is 23.2. The number of esters is 1. The number of ether oxygens (including phenoxy) is 1. The summed E-state index contributed by atoms with van der Waals surface area (Å²) in [6, 6.07) is -0.623. The second-order valence-corrected chi connectivity index (χ2v) is 27.8. The van der Waals surface area contributed by atoms with E-state index >= 15 is 0 Å². The molecule has 0 heterocycles. The van der Waals surface area contributed by atoms with Gasteiger partial charge in [-0.25, -0.2) is 0 Å². The first kappa shape index (κ1) is 85.3. The van der Waals surface area contributed by atoms with Crippen molar-refractivity contribution in [2.45, 2.75) is 469 Å².